The van der Waals surface area contributed by atoms with Crippen molar-refractivity contribution in [2.24, 2.45) is 0 Å². The highest BCUT2D eigenvalue weighted by Gasteiger charge is 2.05. The second-order valence-corrected chi connectivity index (χ2v) is 4.01. The normalized spacial score (nSPS) is 10.7. The quantitative estimate of drug-likeness (QED) is 0.628. The van der Waals surface area contributed by atoms with E-state index in [0.717, 1.165) is 29.7 Å². The topological polar surface area (TPSA) is 57.4 Å². The minimum atomic E-state index is 0.536. The minimum Gasteiger partial charge on any atom is -0.490 e. The average molecular weight is 246 g/mol. The van der Waals surface area contributed by atoms with Crippen LogP contribution in [-0.2, 0) is 4.74 Å². The van der Waals surface area contributed by atoms with Gasteiger partial charge in [-0.1, -0.05) is 6.92 Å². The van der Waals surface area contributed by atoms with E-state index in [2.05, 4.69) is 11.9 Å². The summed E-state index contributed by atoms with van der Waals surface area (Å²) < 4.78 is 11.1. The third kappa shape index (κ3) is 2.90. The summed E-state index contributed by atoms with van der Waals surface area (Å²) in [4.78, 5) is 4.26. The van der Waals surface area contributed by atoms with E-state index in [-0.39, 0.29) is 0 Å². The molecule has 18 heavy (non-hydrogen) atoms. The summed E-state index contributed by atoms with van der Waals surface area (Å²) in [5, 5.41) is 0.938. The van der Waals surface area contributed by atoms with Crippen molar-refractivity contribution in [3.63, 3.8) is 0 Å². The SMILES string of the molecule is CCCOCCOc1ccc(N)c2ncccc12. The molecule has 0 bridgehead atoms. The van der Waals surface area contributed by atoms with E-state index in [0.29, 0.717) is 18.9 Å². The summed E-state index contributed by atoms with van der Waals surface area (Å²) >= 11 is 0. The number of nitrogens with zero attached hydrogens (tertiary/aromatic N) is 1. The molecular formula is C14H18N2O2. The number of hydrogen-bond acceptors (Lipinski definition) is 4. The predicted octanol–water partition coefficient (Wildman–Crippen LogP) is 2.62. The van der Waals surface area contributed by atoms with Crippen molar-refractivity contribution in [1.82, 2.24) is 4.98 Å². The van der Waals surface area contributed by atoms with Gasteiger partial charge in [0.25, 0.3) is 0 Å². The number of aromatic nitrogens is 1. The smallest absolute Gasteiger partial charge is 0.128 e. The number of ether oxygens (including phenoxy) is 2. The Labute approximate surface area is 107 Å². The molecule has 1 aromatic carbocycles. The van der Waals surface area contributed by atoms with E-state index in [1.807, 2.05) is 24.3 Å². The van der Waals surface area contributed by atoms with E-state index in [1.54, 1.807) is 6.20 Å². The third-order valence-corrected chi connectivity index (χ3v) is 2.59. The molecule has 0 atom stereocenters. The molecule has 1 heterocycles. The number of hydrogen-bond donors (Lipinski definition) is 1. The molecule has 2 N–H and O–H groups in total. The summed E-state index contributed by atoms with van der Waals surface area (Å²) in [5.74, 6) is 0.799. The van der Waals surface area contributed by atoms with Crippen LogP contribution in [0.5, 0.6) is 5.75 Å². The van der Waals surface area contributed by atoms with E-state index in [4.69, 9.17) is 15.2 Å². The molecule has 4 nitrogen and oxygen atoms in total. The molecule has 2 rings (SSSR count). The molecule has 1 aromatic heterocycles. The van der Waals surface area contributed by atoms with E-state index in [9.17, 15) is 0 Å². The molecule has 0 aliphatic carbocycles. The second-order valence-electron chi connectivity index (χ2n) is 4.01. The van der Waals surface area contributed by atoms with Crippen LogP contribution in [0.25, 0.3) is 10.9 Å². The lowest BCUT2D eigenvalue weighted by atomic mass is 10.2. The first-order valence-corrected chi connectivity index (χ1v) is 6.16. The summed E-state index contributed by atoms with van der Waals surface area (Å²) in [6, 6.07) is 7.53. The molecule has 0 aliphatic rings. The highest BCUT2D eigenvalue weighted by Crippen LogP contribution is 2.28. The van der Waals surface area contributed by atoms with Crippen molar-refractivity contribution in [2.45, 2.75) is 13.3 Å². The van der Waals surface area contributed by atoms with Crippen LogP contribution in [0, 0.1) is 0 Å². The van der Waals surface area contributed by atoms with Gasteiger partial charge in [0.2, 0.25) is 0 Å². The summed E-state index contributed by atoms with van der Waals surface area (Å²) in [7, 11) is 0. The Morgan fingerprint density at radius 2 is 2.06 bits per heavy atom. The van der Waals surface area contributed by atoms with Gasteiger partial charge in [0.1, 0.15) is 12.4 Å². The first-order chi connectivity index (χ1) is 8.83. The van der Waals surface area contributed by atoms with Gasteiger partial charge in [-0.2, -0.15) is 0 Å². The van der Waals surface area contributed by atoms with E-state index in [1.165, 1.54) is 0 Å². The maximum Gasteiger partial charge on any atom is 0.128 e. The van der Waals surface area contributed by atoms with Crippen molar-refractivity contribution >= 4 is 16.6 Å². The number of anilines is 1. The van der Waals surface area contributed by atoms with Crippen molar-refractivity contribution in [1.29, 1.82) is 0 Å². The van der Waals surface area contributed by atoms with Crippen LogP contribution in [0.3, 0.4) is 0 Å². The Morgan fingerprint density at radius 1 is 1.17 bits per heavy atom. The average Bonchev–Trinajstić information content (AvgIpc) is 2.41. The highest BCUT2D eigenvalue weighted by molar-refractivity contribution is 5.93. The molecule has 0 saturated heterocycles. The maximum absolute atomic E-state index is 5.88. The van der Waals surface area contributed by atoms with Crippen LogP contribution in [-0.4, -0.2) is 24.8 Å². The van der Waals surface area contributed by atoms with Crippen LogP contribution < -0.4 is 10.5 Å². The molecule has 0 aliphatic heterocycles. The monoisotopic (exact) mass is 246 g/mol. The van der Waals surface area contributed by atoms with Gasteiger partial charge in [-0.05, 0) is 30.7 Å². The van der Waals surface area contributed by atoms with Crippen LogP contribution >= 0.6 is 0 Å². The fourth-order valence-electron chi connectivity index (χ4n) is 1.75. The van der Waals surface area contributed by atoms with E-state index >= 15 is 0 Å². The van der Waals surface area contributed by atoms with Crippen molar-refractivity contribution in [3.05, 3.63) is 30.5 Å². The minimum absolute atomic E-state index is 0.536. The molecular weight excluding hydrogens is 228 g/mol. The zero-order valence-corrected chi connectivity index (χ0v) is 10.6. The second kappa shape index (κ2) is 6.21. The van der Waals surface area contributed by atoms with Gasteiger partial charge in [0.05, 0.1) is 17.8 Å². The standard InChI is InChI=1S/C14H18N2O2/c1-2-8-17-9-10-18-13-6-5-12(15)14-11(13)4-3-7-16-14/h3-7H,2,8-10,15H2,1H3. The first-order valence-electron chi connectivity index (χ1n) is 6.16. The molecule has 0 amide bonds. The fourth-order valence-corrected chi connectivity index (χ4v) is 1.75. The van der Waals surface area contributed by atoms with Gasteiger partial charge in [-0.3, -0.25) is 4.98 Å². The lowest BCUT2D eigenvalue weighted by Gasteiger charge is -2.10. The van der Waals surface area contributed by atoms with Crippen LogP contribution in [0.2, 0.25) is 0 Å². The third-order valence-electron chi connectivity index (χ3n) is 2.59. The summed E-state index contributed by atoms with van der Waals surface area (Å²) in [5.41, 5.74) is 7.33. The number of nitrogen functional groups attached to an aromatic ring is 1. The molecule has 0 fully saturated rings. The van der Waals surface area contributed by atoms with Gasteiger partial charge >= 0.3 is 0 Å². The predicted molar refractivity (Wildman–Crippen MR) is 72.8 cm³/mol. The van der Waals surface area contributed by atoms with Gasteiger partial charge in [-0.15, -0.1) is 0 Å². The molecule has 2 aromatic rings. The zero-order valence-electron chi connectivity index (χ0n) is 10.6. The Balaban J connectivity index is 2.07. The van der Waals surface area contributed by atoms with Crippen LogP contribution in [0.1, 0.15) is 13.3 Å². The van der Waals surface area contributed by atoms with Crippen molar-refractivity contribution < 1.29 is 9.47 Å². The first kappa shape index (κ1) is 12.6. The number of rotatable bonds is 6. The number of fused-ring (bicyclic) bond motifs is 1. The number of benzene rings is 1. The van der Waals surface area contributed by atoms with Gasteiger partial charge in [0, 0.05) is 18.2 Å². The number of nitrogens with two attached hydrogens (primary N) is 1. The number of pyridine rings is 1. The van der Waals surface area contributed by atoms with Crippen LogP contribution in [0.15, 0.2) is 30.5 Å². The van der Waals surface area contributed by atoms with E-state index < -0.39 is 0 Å². The Kier molecular flexibility index (Phi) is 4.36. The van der Waals surface area contributed by atoms with Crippen molar-refractivity contribution in [3.8, 4) is 5.75 Å². The highest BCUT2D eigenvalue weighted by atomic mass is 16.5. The summed E-state index contributed by atoms with van der Waals surface area (Å²) in [6.45, 7) is 3.99. The molecule has 96 valence electrons. The lowest BCUT2D eigenvalue weighted by molar-refractivity contribution is 0.101. The van der Waals surface area contributed by atoms with Crippen molar-refractivity contribution in [2.75, 3.05) is 25.6 Å². The Hall–Kier alpha value is -1.81. The Bertz CT molecular complexity index is 514. The molecule has 0 radical (unpaired) electrons. The molecule has 0 unspecified atom stereocenters. The molecule has 4 heteroatoms. The van der Waals surface area contributed by atoms with Gasteiger partial charge < -0.3 is 15.2 Å². The van der Waals surface area contributed by atoms with Gasteiger partial charge in [0.15, 0.2) is 0 Å². The maximum atomic E-state index is 5.88. The molecule has 0 saturated carbocycles. The fraction of sp³-hybridized carbons (Fsp3) is 0.357. The Morgan fingerprint density at radius 3 is 2.89 bits per heavy atom. The van der Waals surface area contributed by atoms with Crippen LogP contribution in [0.4, 0.5) is 5.69 Å². The lowest BCUT2D eigenvalue weighted by Crippen LogP contribution is -2.07. The largest absolute Gasteiger partial charge is 0.490 e. The molecule has 0 spiro atoms. The zero-order chi connectivity index (χ0) is 12.8. The summed E-state index contributed by atoms with van der Waals surface area (Å²) in [6.07, 6.45) is 2.75. The van der Waals surface area contributed by atoms with Gasteiger partial charge in [-0.25, -0.2) is 0 Å².